The van der Waals surface area contributed by atoms with Gasteiger partial charge in [0.05, 0.1) is 17.2 Å². The van der Waals surface area contributed by atoms with Gasteiger partial charge in [0.2, 0.25) is 0 Å². The van der Waals surface area contributed by atoms with Crippen molar-refractivity contribution in [2.24, 2.45) is 5.92 Å². The summed E-state index contributed by atoms with van der Waals surface area (Å²) >= 11 is 12.5. The van der Waals surface area contributed by atoms with Gasteiger partial charge in [-0.25, -0.2) is 9.78 Å². The first-order valence-corrected chi connectivity index (χ1v) is 9.08. The Morgan fingerprint density at radius 1 is 1.26 bits per heavy atom. The minimum absolute atomic E-state index is 0.147. The Kier molecular flexibility index (Phi) is 5.48. The van der Waals surface area contributed by atoms with E-state index < -0.39 is 12.0 Å². The van der Waals surface area contributed by atoms with Crippen molar-refractivity contribution in [2.75, 3.05) is 12.4 Å². The lowest BCUT2D eigenvalue weighted by Gasteiger charge is -2.20. The SMILES string of the molecule is COc1ccc(-c2nc3c(Cl)cc(Cl)cn3c2NC(C(=O)O)C(C)C)cc1. The molecule has 3 rings (SSSR count). The molecular weight excluding hydrogens is 389 g/mol. The Morgan fingerprint density at radius 3 is 2.48 bits per heavy atom. The molecule has 8 heteroatoms. The van der Waals surface area contributed by atoms with Crippen LogP contribution in [-0.4, -0.2) is 33.6 Å². The summed E-state index contributed by atoms with van der Waals surface area (Å²) in [7, 11) is 1.59. The van der Waals surface area contributed by atoms with E-state index >= 15 is 0 Å². The van der Waals surface area contributed by atoms with Crippen LogP contribution in [0.2, 0.25) is 10.0 Å². The number of methoxy groups -OCH3 is 1. The number of fused-ring (bicyclic) bond motifs is 1. The van der Waals surface area contributed by atoms with E-state index in [0.717, 1.165) is 5.56 Å². The number of hydrogen-bond acceptors (Lipinski definition) is 4. The molecule has 0 radical (unpaired) electrons. The highest BCUT2D eigenvalue weighted by molar-refractivity contribution is 6.36. The van der Waals surface area contributed by atoms with Crippen LogP contribution in [-0.2, 0) is 4.79 Å². The lowest BCUT2D eigenvalue weighted by atomic mass is 10.0. The molecule has 1 aromatic carbocycles. The zero-order chi connectivity index (χ0) is 19.7. The highest BCUT2D eigenvalue weighted by atomic mass is 35.5. The summed E-state index contributed by atoms with van der Waals surface area (Å²) in [5.41, 5.74) is 1.86. The molecule has 0 bridgehead atoms. The first-order chi connectivity index (χ1) is 12.8. The highest BCUT2D eigenvalue weighted by Gasteiger charge is 2.26. The molecule has 0 aliphatic carbocycles. The maximum Gasteiger partial charge on any atom is 0.326 e. The van der Waals surface area contributed by atoms with Gasteiger partial charge in [-0.15, -0.1) is 0 Å². The molecule has 0 fully saturated rings. The van der Waals surface area contributed by atoms with Crippen molar-refractivity contribution in [3.05, 3.63) is 46.6 Å². The summed E-state index contributed by atoms with van der Waals surface area (Å²) in [6.45, 7) is 3.67. The summed E-state index contributed by atoms with van der Waals surface area (Å²) in [6, 6.07) is 8.13. The van der Waals surface area contributed by atoms with Crippen LogP contribution in [0.5, 0.6) is 5.75 Å². The van der Waals surface area contributed by atoms with E-state index in [4.69, 9.17) is 27.9 Å². The molecule has 0 spiro atoms. The van der Waals surface area contributed by atoms with E-state index in [2.05, 4.69) is 10.3 Å². The van der Waals surface area contributed by atoms with Gasteiger partial charge in [0.1, 0.15) is 23.3 Å². The van der Waals surface area contributed by atoms with Gasteiger partial charge in [0, 0.05) is 11.8 Å². The standard InChI is InChI=1S/C19H19Cl2N3O3/c1-10(2)15(19(25)26)22-18-16(11-4-6-13(27-3)7-5-11)23-17-14(21)8-12(20)9-24(17)18/h4-10,15,22H,1-3H3,(H,25,26). The topological polar surface area (TPSA) is 75.9 Å². The van der Waals surface area contributed by atoms with Crippen LogP contribution < -0.4 is 10.1 Å². The lowest BCUT2D eigenvalue weighted by Crippen LogP contribution is -2.34. The van der Waals surface area contributed by atoms with Crippen LogP contribution in [0.1, 0.15) is 13.8 Å². The summed E-state index contributed by atoms with van der Waals surface area (Å²) in [5.74, 6) is 0.129. The summed E-state index contributed by atoms with van der Waals surface area (Å²) < 4.78 is 6.88. The summed E-state index contributed by atoms with van der Waals surface area (Å²) in [6.07, 6.45) is 1.66. The molecule has 0 saturated carbocycles. The van der Waals surface area contributed by atoms with Gasteiger partial charge in [-0.1, -0.05) is 37.0 Å². The molecule has 1 atom stereocenters. The average Bonchev–Trinajstić information content (AvgIpc) is 2.97. The molecule has 27 heavy (non-hydrogen) atoms. The second-order valence-corrected chi connectivity index (χ2v) is 7.29. The quantitative estimate of drug-likeness (QED) is 0.611. The van der Waals surface area contributed by atoms with Gasteiger partial charge in [0.15, 0.2) is 5.65 Å². The zero-order valence-electron chi connectivity index (χ0n) is 15.0. The Balaban J connectivity index is 2.22. The first-order valence-electron chi connectivity index (χ1n) is 8.32. The predicted octanol–water partition coefficient (Wildman–Crippen LogP) is 4.84. The predicted molar refractivity (Wildman–Crippen MR) is 107 cm³/mol. The largest absolute Gasteiger partial charge is 0.497 e. The number of pyridine rings is 1. The molecular formula is C19H19Cl2N3O3. The molecule has 0 aliphatic rings. The van der Waals surface area contributed by atoms with E-state index in [1.807, 2.05) is 38.1 Å². The van der Waals surface area contributed by atoms with Gasteiger partial charge >= 0.3 is 5.97 Å². The van der Waals surface area contributed by atoms with Crippen molar-refractivity contribution in [3.63, 3.8) is 0 Å². The van der Waals surface area contributed by atoms with Crippen molar-refractivity contribution in [1.29, 1.82) is 0 Å². The Bertz CT molecular complexity index is 984. The number of hydrogen-bond donors (Lipinski definition) is 2. The normalized spacial score (nSPS) is 12.4. The number of nitrogens with one attached hydrogen (secondary N) is 1. The van der Waals surface area contributed by atoms with E-state index in [9.17, 15) is 9.90 Å². The minimum Gasteiger partial charge on any atom is -0.497 e. The van der Waals surface area contributed by atoms with E-state index in [-0.39, 0.29) is 5.92 Å². The highest BCUT2D eigenvalue weighted by Crippen LogP contribution is 2.34. The second kappa shape index (κ2) is 7.66. The second-order valence-electron chi connectivity index (χ2n) is 6.44. The van der Waals surface area contributed by atoms with Crippen LogP contribution in [0.3, 0.4) is 0 Å². The van der Waals surface area contributed by atoms with E-state index in [1.54, 1.807) is 23.8 Å². The van der Waals surface area contributed by atoms with Gasteiger partial charge in [0.25, 0.3) is 0 Å². The molecule has 2 heterocycles. The fourth-order valence-electron chi connectivity index (χ4n) is 2.82. The van der Waals surface area contributed by atoms with Crippen molar-refractivity contribution >= 4 is 40.6 Å². The minimum atomic E-state index is -0.950. The third-order valence-corrected chi connectivity index (χ3v) is 4.71. The fraction of sp³-hybridized carbons (Fsp3) is 0.263. The third kappa shape index (κ3) is 3.82. The molecule has 0 saturated heterocycles. The first kappa shape index (κ1) is 19.3. The number of anilines is 1. The zero-order valence-corrected chi connectivity index (χ0v) is 16.5. The summed E-state index contributed by atoms with van der Waals surface area (Å²) in [5, 5.41) is 13.5. The third-order valence-electron chi connectivity index (χ3n) is 4.23. The molecule has 6 nitrogen and oxygen atoms in total. The lowest BCUT2D eigenvalue weighted by molar-refractivity contribution is -0.138. The van der Waals surface area contributed by atoms with Gasteiger partial charge < -0.3 is 15.2 Å². The van der Waals surface area contributed by atoms with Gasteiger partial charge in [-0.3, -0.25) is 4.40 Å². The number of halogens is 2. The molecule has 2 N–H and O–H groups in total. The Labute approximate surface area is 166 Å². The number of carbonyl (C=O) groups is 1. The van der Waals surface area contributed by atoms with Crippen molar-refractivity contribution in [1.82, 2.24) is 9.38 Å². The number of rotatable bonds is 6. The Morgan fingerprint density at radius 2 is 1.93 bits per heavy atom. The molecule has 2 aromatic heterocycles. The molecule has 3 aromatic rings. The van der Waals surface area contributed by atoms with Crippen LogP contribution in [0, 0.1) is 5.92 Å². The number of nitrogens with zero attached hydrogens (tertiary/aromatic N) is 2. The fourth-order valence-corrected chi connectivity index (χ4v) is 3.34. The number of carboxylic acids is 1. The van der Waals surface area contributed by atoms with Crippen LogP contribution >= 0.6 is 23.2 Å². The number of aromatic nitrogens is 2. The summed E-state index contributed by atoms with van der Waals surface area (Å²) in [4.78, 5) is 16.3. The van der Waals surface area contributed by atoms with E-state index in [0.29, 0.717) is 33.0 Å². The Hall–Kier alpha value is -2.44. The maximum absolute atomic E-state index is 11.7. The van der Waals surface area contributed by atoms with Crippen molar-refractivity contribution in [3.8, 4) is 17.0 Å². The number of imidazole rings is 1. The average molecular weight is 408 g/mol. The van der Waals surface area contributed by atoms with E-state index in [1.165, 1.54) is 0 Å². The van der Waals surface area contributed by atoms with Crippen molar-refractivity contribution in [2.45, 2.75) is 19.9 Å². The number of benzene rings is 1. The monoisotopic (exact) mass is 407 g/mol. The van der Waals surface area contributed by atoms with Gasteiger partial charge in [-0.2, -0.15) is 0 Å². The van der Waals surface area contributed by atoms with Crippen LogP contribution in [0.25, 0.3) is 16.9 Å². The van der Waals surface area contributed by atoms with Crippen molar-refractivity contribution < 1.29 is 14.6 Å². The van der Waals surface area contributed by atoms with Gasteiger partial charge in [-0.05, 0) is 36.2 Å². The van der Waals surface area contributed by atoms with Crippen LogP contribution in [0.15, 0.2) is 36.5 Å². The molecule has 0 aliphatic heterocycles. The maximum atomic E-state index is 11.7. The van der Waals surface area contributed by atoms with Crippen LogP contribution in [0.4, 0.5) is 5.82 Å². The molecule has 142 valence electrons. The number of ether oxygens (including phenoxy) is 1. The molecule has 0 amide bonds. The smallest absolute Gasteiger partial charge is 0.326 e. The molecule has 1 unspecified atom stereocenters. The number of carboxylic acid groups (broad SMARTS) is 1. The number of aliphatic carboxylic acids is 1.